The number of piperidine rings is 1. The van der Waals surface area contributed by atoms with E-state index in [0.717, 1.165) is 35.3 Å². The number of fused-ring (bicyclic) bond motifs is 2. The molecule has 1 atom stereocenters. The van der Waals surface area contributed by atoms with Gasteiger partial charge in [-0.3, -0.25) is 9.80 Å². The number of sulfonamides is 1. The second-order valence-electron chi connectivity index (χ2n) is 11.9. The summed E-state index contributed by atoms with van der Waals surface area (Å²) >= 11 is 0.999. The highest BCUT2D eigenvalue weighted by Crippen LogP contribution is 2.33. The van der Waals surface area contributed by atoms with Crippen molar-refractivity contribution in [3.05, 3.63) is 52.3 Å². The fraction of sp³-hybridized carbons (Fsp3) is 0.531. The monoisotopic (exact) mass is 696 g/mol. The van der Waals surface area contributed by atoms with Crippen LogP contribution in [0.3, 0.4) is 0 Å². The van der Waals surface area contributed by atoms with Crippen molar-refractivity contribution in [3.63, 3.8) is 0 Å². The summed E-state index contributed by atoms with van der Waals surface area (Å²) in [5.74, 6) is 0.502. The van der Waals surface area contributed by atoms with Crippen molar-refractivity contribution >= 4 is 48.3 Å². The molecule has 5 heterocycles. The van der Waals surface area contributed by atoms with Crippen LogP contribution in [-0.2, 0) is 29.5 Å². The lowest BCUT2D eigenvalue weighted by Gasteiger charge is -2.37. The highest BCUT2D eigenvalue weighted by atomic mass is 32.2. The minimum atomic E-state index is -4.78. The molecule has 6 rings (SSSR count). The Labute approximate surface area is 288 Å². The highest BCUT2D eigenvalue weighted by molar-refractivity contribution is 7.88. The lowest BCUT2D eigenvalue weighted by atomic mass is 10.0. The maximum absolute atomic E-state index is 13.0. The molecule has 1 N–H and O–H groups in total. The van der Waals surface area contributed by atoms with Gasteiger partial charge in [0, 0.05) is 91.0 Å². The van der Waals surface area contributed by atoms with E-state index in [1.54, 1.807) is 12.1 Å². The third-order valence-corrected chi connectivity index (χ3v) is 10.3. The first-order chi connectivity index (χ1) is 25.3. The van der Waals surface area contributed by atoms with E-state index >= 15 is 0 Å². The quantitative estimate of drug-likeness (QED) is 0.261. The number of anilines is 1. The zero-order chi connectivity index (χ0) is 40.7. The average Bonchev–Trinajstić information content (AvgIpc) is 3.61. The van der Waals surface area contributed by atoms with E-state index in [1.165, 1.54) is 23.9 Å². The van der Waals surface area contributed by atoms with Crippen LogP contribution in [0.15, 0.2) is 30.6 Å². The zero-order valence-electron chi connectivity index (χ0n) is 33.9. The van der Waals surface area contributed by atoms with Gasteiger partial charge in [0.05, 0.1) is 18.1 Å². The minimum Gasteiger partial charge on any atom is -0.367 e. The molecule has 2 fully saturated rings. The Morgan fingerprint density at radius 2 is 1.87 bits per heavy atom. The smallest absolute Gasteiger partial charge is 0.367 e. The normalized spacial score (nSPS) is 25.4. The number of halogens is 3. The first-order valence-electron chi connectivity index (χ1n) is 18.9. The standard InChI is InChI=1S/C32H39F3N8O2S2/c1-21(41-10-12-42(13-11-41)47(3,44)45)18-43-25(17-36)14-27-22(2)23(4-5-29(27)43)19-40-8-6-24(7-9-40)39-30-28-15-26(16-32(33,34)35)46-31(28)38-20-37-30/h4-5,14-15,20-21,24H,6-13,16,18-19H2,1-3H3,(H,37,38,39)/t21-/m0/s1/i10D2,11D2,12D2,13D2. The first kappa shape index (κ1) is 24.8. The molecule has 47 heavy (non-hydrogen) atoms. The average molecular weight is 697 g/mol. The highest BCUT2D eigenvalue weighted by Gasteiger charge is 2.30. The number of hydrogen-bond acceptors (Lipinski definition) is 9. The van der Waals surface area contributed by atoms with Gasteiger partial charge in [0.2, 0.25) is 10.0 Å². The predicted octanol–water partition coefficient (Wildman–Crippen LogP) is 4.97. The Morgan fingerprint density at radius 1 is 1.15 bits per heavy atom. The number of thiophene rings is 1. The van der Waals surface area contributed by atoms with E-state index in [9.17, 15) is 26.9 Å². The third kappa shape index (κ3) is 7.57. The molecule has 2 aliphatic heterocycles. The summed E-state index contributed by atoms with van der Waals surface area (Å²) in [6.45, 7) is -8.73. The number of rotatable bonds is 9. The number of nitrogens with zero attached hydrogens (tertiary/aromatic N) is 7. The molecule has 2 aliphatic rings. The molecule has 10 nitrogen and oxygen atoms in total. The molecule has 2 saturated heterocycles. The number of nitriles is 1. The van der Waals surface area contributed by atoms with E-state index in [0.29, 0.717) is 57.7 Å². The molecule has 0 saturated carbocycles. The van der Waals surface area contributed by atoms with Gasteiger partial charge < -0.3 is 9.88 Å². The third-order valence-electron chi connectivity index (χ3n) is 8.42. The summed E-state index contributed by atoms with van der Waals surface area (Å²) in [5.41, 5.74) is 2.58. The Kier molecular flexibility index (Phi) is 7.02. The summed E-state index contributed by atoms with van der Waals surface area (Å²) < 4.78 is 133. The Balaban J connectivity index is 1.18. The van der Waals surface area contributed by atoms with Gasteiger partial charge in [-0.25, -0.2) is 18.4 Å². The van der Waals surface area contributed by atoms with Crippen LogP contribution in [0.5, 0.6) is 0 Å². The van der Waals surface area contributed by atoms with Crippen LogP contribution in [0.1, 0.15) is 52.4 Å². The minimum absolute atomic E-state index is 0.0373. The molecular weight excluding hydrogens is 650 g/mol. The molecular formula is C32H39F3N8O2S2. The SMILES string of the molecule is [2H]C1([2H])N([C@@H](C)Cn2c(C#N)cc3c(C)c(CN4CCC(Nc5ncnc6sc(CC(F)(F)F)cc56)CC4)ccc32)C([2H])([2H])C([2H])([2H])N(S(C)(=O)=O)C1([2H])[2H]. The number of aryl methyl sites for hydroxylation is 1. The van der Waals surface area contributed by atoms with Crippen LogP contribution in [0.4, 0.5) is 19.0 Å². The van der Waals surface area contributed by atoms with Crippen molar-refractivity contribution in [1.29, 1.82) is 5.26 Å². The lowest BCUT2D eigenvalue weighted by molar-refractivity contribution is -0.126. The second kappa shape index (κ2) is 13.3. The predicted molar refractivity (Wildman–Crippen MR) is 178 cm³/mol. The van der Waals surface area contributed by atoms with E-state index in [4.69, 9.17) is 11.0 Å². The lowest BCUT2D eigenvalue weighted by Crippen LogP contribution is -2.51. The molecule has 0 amide bonds. The number of piperazine rings is 1. The van der Waals surface area contributed by atoms with Gasteiger partial charge in [0.15, 0.2) is 0 Å². The second-order valence-corrected chi connectivity index (χ2v) is 14.8. The van der Waals surface area contributed by atoms with Gasteiger partial charge in [0.25, 0.3) is 0 Å². The summed E-state index contributed by atoms with van der Waals surface area (Å²) in [6, 6.07) is 7.71. The van der Waals surface area contributed by atoms with Crippen molar-refractivity contribution in [3.8, 4) is 6.07 Å². The Hall–Kier alpha value is -3.29. The maximum atomic E-state index is 13.0. The summed E-state index contributed by atoms with van der Waals surface area (Å²) in [5, 5.41) is 14.8. The molecule has 0 unspecified atom stereocenters. The van der Waals surface area contributed by atoms with Gasteiger partial charge in [0.1, 0.15) is 28.7 Å². The molecule has 1 aromatic carbocycles. The van der Waals surface area contributed by atoms with Crippen molar-refractivity contribution in [2.45, 2.75) is 64.5 Å². The molecule has 4 aromatic rings. The van der Waals surface area contributed by atoms with Gasteiger partial charge in [-0.05, 0) is 56.0 Å². The number of nitrogens with one attached hydrogen (secondary N) is 1. The van der Waals surface area contributed by atoms with Gasteiger partial charge >= 0.3 is 6.18 Å². The van der Waals surface area contributed by atoms with Crippen molar-refractivity contribution in [2.24, 2.45) is 0 Å². The number of likely N-dealkylation sites (tertiary alicyclic amines) is 1. The maximum Gasteiger partial charge on any atom is 0.393 e. The molecule has 3 aromatic heterocycles. The van der Waals surface area contributed by atoms with Crippen LogP contribution in [0.2, 0.25) is 0 Å². The summed E-state index contributed by atoms with van der Waals surface area (Å²) in [4.78, 5) is 11.8. The first-order valence-corrected chi connectivity index (χ1v) is 17.6. The molecule has 0 spiro atoms. The number of alkyl halides is 3. The van der Waals surface area contributed by atoms with Crippen molar-refractivity contribution < 1.29 is 32.6 Å². The molecule has 0 aliphatic carbocycles. The topological polar surface area (TPSA) is 110 Å². The van der Waals surface area contributed by atoms with Crippen molar-refractivity contribution in [1.82, 2.24) is 28.6 Å². The van der Waals surface area contributed by atoms with Crippen LogP contribution >= 0.6 is 11.3 Å². The number of hydrogen-bond donors (Lipinski definition) is 1. The van der Waals surface area contributed by atoms with Gasteiger partial charge in [-0.1, -0.05) is 6.07 Å². The summed E-state index contributed by atoms with van der Waals surface area (Å²) in [7, 11) is -4.78. The van der Waals surface area contributed by atoms with E-state index in [-0.39, 0.29) is 27.5 Å². The number of benzene rings is 1. The Morgan fingerprint density at radius 3 is 2.53 bits per heavy atom. The van der Waals surface area contributed by atoms with E-state index in [2.05, 4.69) is 26.3 Å². The van der Waals surface area contributed by atoms with Crippen LogP contribution in [-0.4, -0.2) is 101 Å². The summed E-state index contributed by atoms with van der Waals surface area (Å²) in [6.07, 6.45) is -2.03. The number of aromatic nitrogens is 3. The van der Waals surface area contributed by atoms with Gasteiger partial charge in [-0.15, -0.1) is 11.3 Å². The van der Waals surface area contributed by atoms with Crippen LogP contribution < -0.4 is 5.32 Å². The van der Waals surface area contributed by atoms with Crippen LogP contribution in [0, 0.1) is 18.3 Å². The molecule has 0 bridgehead atoms. The Bertz CT molecular complexity index is 2240. The van der Waals surface area contributed by atoms with Crippen LogP contribution in [0.25, 0.3) is 21.1 Å². The van der Waals surface area contributed by atoms with E-state index in [1.807, 2.05) is 13.0 Å². The molecule has 15 heteroatoms. The largest absolute Gasteiger partial charge is 0.393 e. The zero-order valence-corrected chi connectivity index (χ0v) is 27.5. The van der Waals surface area contributed by atoms with Gasteiger partial charge in [-0.2, -0.15) is 22.7 Å². The fourth-order valence-electron chi connectivity index (χ4n) is 5.94. The van der Waals surface area contributed by atoms with E-state index < -0.39 is 54.6 Å². The molecule has 0 radical (unpaired) electrons. The van der Waals surface area contributed by atoms with Crippen molar-refractivity contribution in [2.75, 3.05) is 50.6 Å². The fourth-order valence-corrected chi connectivity index (χ4v) is 7.38. The molecule has 252 valence electrons.